The van der Waals surface area contributed by atoms with Crippen LogP contribution in [0.15, 0.2) is 12.3 Å². The van der Waals surface area contributed by atoms with Gasteiger partial charge in [0.1, 0.15) is 6.26 Å². The molecule has 3 nitrogen and oxygen atoms in total. The predicted molar refractivity (Wildman–Crippen MR) is 39.1 cm³/mol. The molecular formula is C7H3F9O3. The van der Waals surface area contributed by atoms with Crippen molar-refractivity contribution in [3.05, 3.63) is 12.3 Å². The minimum Gasteiger partial charge on any atom is -0.449 e. The van der Waals surface area contributed by atoms with E-state index in [-0.39, 0.29) is 0 Å². The summed E-state index contributed by atoms with van der Waals surface area (Å²) in [6, 6.07) is 0. The Balaban J connectivity index is 5.39. The highest BCUT2D eigenvalue weighted by molar-refractivity contribution is 5.57. The molecule has 0 fully saturated rings. The average molecular weight is 306 g/mol. The Morgan fingerprint density at radius 1 is 0.895 bits per heavy atom. The van der Waals surface area contributed by atoms with E-state index in [9.17, 15) is 44.3 Å². The van der Waals surface area contributed by atoms with Crippen LogP contribution in [0.5, 0.6) is 0 Å². The Morgan fingerprint density at radius 2 is 1.32 bits per heavy atom. The highest BCUT2D eigenvalue weighted by Crippen LogP contribution is 2.53. The van der Waals surface area contributed by atoms with Crippen LogP contribution in [-0.2, 0) is 4.74 Å². The van der Waals surface area contributed by atoms with Crippen LogP contribution in [0, 0.1) is 0 Å². The van der Waals surface area contributed by atoms with Gasteiger partial charge < -0.3 is 9.84 Å². The number of carboxylic acid groups (broad SMARTS) is 1. The zero-order valence-corrected chi connectivity index (χ0v) is 8.32. The molecule has 0 aromatic heterocycles. The van der Waals surface area contributed by atoms with Crippen LogP contribution in [0.2, 0.25) is 0 Å². The molecule has 0 saturated carbocycles. The smallest absolute Gasteiger partial charge is 0.449 e. The Kier molecular flexibility index (Phi) is 4.40. The summed E-state index contributed by atoms with van der Waals surface area (Å²) in [6.45, 7) is 0. The zero-order chi connectivity index (χ0) is 15.7. The van der Waals surface area contributed by atoms with Gasteiger partial charge in [-0.3, -0.25) is 0 Å². The molecule has 112 valence electrons. The van der Waals surface area contributed by atoms with Gasteiger partial charge in [0.05, 0.1) is 0 Å². The van der Waals surface area contributed by atoms with Gasteiger partial charge in [0.15, 0.2) is 0 Å². The fraction of sp³-hybridized carbons (Fsp3) is 0.571. The number of rotatable bonds is 4. The predicted octanol–water partition coefficient (Wildman–Crippen LogP) is 3.66. The molecule has 0 bridgehead atoms. The lowest BCUT2D eigenvalue weighted by Crippen LogP contribution is -2.60. The van der Waals surface area contributed by atoms with Crippen molar-refractivity contribution in [3.8, 4) is 0 Å². The molecular weight excluding hydrogens is 303 g/mol. The summed E-state index contributed by atoms with van der Waals surface area (Å²) in [7, 11) is 0. The molecule has 0 saturated heterocycles. The van der Waals surface area contributed by atoms with E-state index >= 15 is 0 Å². The molecule has 0 aromatic rings. The summed E-state index contributed by atoms with van der Waals surface area (Å²) in [4.78, 5) is 9.66. The van der Waals surface area contributed by atoms with Crippen molar-refractivity contribution in [1.82, 2.24) is 0 Å². The third-order valence-electron chi connectivity index (χ3n) is 1.62. The molecule has 1 N–H and O–H groups in total. The van der Waals surface area contributed by atoms with Crippen LogP contribution in [0.4, 0.5) is 44.3 Å². The lowest BCUT2D eigenvalue weighted by Gasteiger charge is -2.31. The first-order valence-corrected chi connectivity index (χ1v) is 3.94. The highest BCUT2D eigenvalue weighted by atomic mass is 19.4. The maximum Gasteiger partial charge on any atom is 0.510 e. The number of alkyl halides is 9. The van der Waals surface area contributed by atoms with E-state index in [2.05, 4.69) is 4.74 Å². The third-order valence-corrected chi connectivity index (χ3v) is 1.62. The average Bonchev–Trinajstić information content (AvgIpc) is 2.14. The summed E-state index contributed by atoms with van der Waals surface area (Å²) in [5.74, 6) is -19.9. The van der Waals surface area contributed by atoms with Gasteiger partial charge in [-0.2, -0.15) is 39.5 Å². The topological polar surface area (TPSA) is 46.5 Å². The van der Waals surface area contributed by atoms with Crippen molar-refractivity contribution in [2.24, 2.45) is 0 Å². The summed E-state index contributed by atoms with van der Waals surface area (Å²) in [5, 5.41) is 7.77. The van der Waals surface area contributed by atoms with Gasteiger partial charge >= 0.3 is 30.1 Å². The van der Waals surface area contributed by atoms with Gasteiger partial charge in [0, 0.05) is 6.08 Å². The van der Waals surface area contributed by atoms with Gasteiger partial charge in [-0.1, -0.05) is 0 Å². The van der Waals surface area contributed by atoms with Crippen LogP contribution in [-0.4, -0.2) is 35.2 Å². The lowest BCUT2D eigenvalue weighted by atomic mass is 10.0. The first kappa shape index (κ1) is 17.4. The molecule has 0 amide bonds. The quantitative estimate of drug-likeness (QED) is 0.490. The molecule has 0 heterocycles. The van der Waals surface area contributed by atoms with E-state index in [0.29, 0.717) is 0 Å². The number of ether oxygens (including phenoxy) is 1. The van der Waals surface area contributed by atoms with E-state index < -0.39 is 42.4 Å². The highest BCUT2D eigenvalue weighted by Gasteiger charge is 2.81. The molecule has 19 heavy (non-hydrogen) atoms. The minimum absolute atomic E-state index is 0.650. The van der Waals surface area contributed by atoms with Crippen LogP contribution >= 0.6 is 0 Å². The molecule has 0 spiro atoms. The summed E-state index contributed by atoms with van der Waals surface area (Å²) in [6.07, 6.45) is -11.1. The van der Waals surface area contributed by atoms with E-state index in [1.165, 1.54) is 0 Å². The van der Waals surface area contributed by atoms with Crippen molar-refractivity contribution < 1.29 is 54.2 Å². The maximum absolute atomic E-state index is 12.6. The number of halogens is 9. The van der Waals surface area contributed by atoms with Crippen molar-refractivity contribution in [2.75, 3.05) is 0 Å². The van der Waals surface area contributed by atoms with Crippen molar-refractivity contribution in [2.45, 2.75) is 23.9 Å². The standard InChI is InChI=1S/C7H3F9O3/c8-4(9,1-2-19-3(17)18)5(10,11)6(12,13)7(14,15)16/h1-2H,(H,17,18). The van der Waals surface area contributed by atoms with Crippen molar-refractivity contribution >= 4 is 6.16 Å². The number of carbonyl (C=O) groups is 1. The second-order valence-electron chi connectivity index (χ2n) is 2.96. The Hall–Kier alpha value is -1.62. The molecule has 0 unspecified atom stereocenters. The molecule has 0 aliphatic carbocycles. The summed E-state index contributed by atoms with van der Waals surface area (Å²) >= 11 is 0. The normalized spacial score (nSPS) is 14.8. The second-order valence-corrected chi connectivity index (χ2v) is 2.96. The van der Waals surface area contributed by atoms with Gasteiger partial charge in [0.2, 0.25) is 0 Å². The molecule has 0 radical (unpaired) electrons. The molecule has 0 atom stereocenters. The monoisotopic (exact) mass is 306 g/mol. The molecule has 12 heteroatoms. The van der Waals surface area contributed by atoms with Gasteiger partial charge in [-0.05, 0) is 0 Å². The van der Waals surface area contributed by atoms with Gasteiger partial charge in [-0.15, -0.1) is 0 Å². The SMILES string of the molecule is O=C(O)OC=CC(F)(F)C(F)(F)C(F)(F)C(F)(F)F. The lowest BCUT2D eigenvalue weighted by molar-refractivity contribution is -0.388. The zero-order valence-electron chi connectivity index (χ0n) is 8.32. The van der Waals surface area contributed by atoms with Gasteiger partial charge in [0.25, 0.3) is 0 Å². The Morgan fingerprint density at radius 3 is 1.63 bits per heavy atom. The van der Waals surface area contributed by atoms with Crippen LogP contribution in [0.1, 0.15) is 0 Å². The summed E-state index contributed by atoms with van der Waals surface area (Å²) < 4.78 is 113. The molecule has 0 aliphatic rings. The van der Waals surface area contributed by atoms with Crippen LogP contribution < -0.4 is 0 Å². The number of allylic oxidation sites excluding steroid dienone is 1. The minimum atomic E-state index is -7.03. The fourth-order valence-corrected chi connectivity index (χ4v) is 0.670. The fourth-order valence-electron chi connectivity index (χ4n) is 0.670. The number of hydrogen-bond acceptors (Lipinski definition) is 2. The molecule has 0 aliphatic heterocycles. The third kappa shape index (κ3) is 3.23. The first-order valence-electron chi connectivity index (χ1n) is 3.94. The Labute approximate surface area is 97.8 Å². The van der Waals surface area contributed by atoms with E-state index in [1.54, 1.807) is 0 Å². The number of hydrogen-bond donors (Lipinski definition) is 1. The van der Waals surface area contributed by atoms with E-state index in [4.69, 9.17) is 5.11 Å². The van der Waals surface area contributed by atoms with Crippen molar-refractivity contribution in [1.29, 1.82) is 0 Å². The van der Waals surface area contributed by atoms with Crippen molar-refractivity contribution in [3.63, 3.8) is 0 Å². The Bertz CT molecular complexity index is 370. The van der Waals surface area contributed by atoms with Crippen LogP contribution in [0.3, 0.4) is 0 Å². The first-order chi connectivity index (χ1) is 8.17. The molecule has 0 rings (SSSR count). The van der Waals surface area contributed by atoms with Crippen LogP contribution in [0.25, 0.3) is 0 Å². The summed E-state index contributed by atoms with van der Waals surface area (Å²) in [5.41, 5.74) is 0. The van der Waals surface area contributed by atoms with E-state index in [0.717, 1.165) is 0 Å². The van der Waals surface area contributed by atoms with E-state index in [1.807, 2.05) is 0 Å². The second kappa shape index (κ2) is 4.81. The largest absolute Gasteiger partial charge is 0.510 e. The maximum atomic E-state index is 12.6. The van der Waals surface area contributed by atoms with Gasteiger partial charge in [-0.25, -0.2) is 4.79 Å². The molecule has 0 aromatic carbocycles.